The smallest absolute Gasteiger partial charge is 0.346 e. The number of halogens is 1. The maximum Gasteiger partial charge on any atom is 0.346 e. The van der Waals surface area contributed by atoms with Gasteiger partial charge < -0.3 is 18.9 Å². The van der Waals surface area contributed by atoms with E-state index in [1.165, 1.54) is 18.2 Å². The van der Waals surface area contributed by atoms with Gasteiger partial charge in [0.25, 0.3) is 0 Å². The van der Waals surface area contributed by atoms with E-state index in [-0.39, 0.29) is 11.3 Å². The third-order valence-electron chi connectivity index (χ3n) is 7.10. The van der Waals surface area contributed by atoms with Gasteiger partial charge in [-0.25, -0.2) is 9.18 Å². The second-order valence-corrected chi connectivity index (χ2v) is 9.33. The maximum absolute atomic E-state index is 14.4. The highest BCUT2D eigenvalue weighted by Crippen LogP contribution is 2.47. The number of carbonyl (C=O) groups excluding carboxylic acids is 1. The summed E-state index contributed by atoms with van der Waals surface area (Å²) in [5.41, 5.74) is 1.45. The fourth-order valence-electron chi connectivity index (χ4n) is 5.02. The fourth-order valence-corrected chi connectivity index (χ4v) is 5.02. The van der Waals surface area contributed by atoms with Crippen molar-refractivity contribution in [3.8, 4) is 23.0 Å². The maximum atomic E-state index is 14.4. The van der Waals surface area contributed by atoms with Gasteiger partial charge in [0, 0.05) is 28.1 Å². The number of carbonyl (C=O) groups is 1. The summed E-state index contributed by atoms with van der Waals surface area (Å²) in [5.74, 6) is 0.808. The Bertz CT molecular complexity index is 1690. The molecule has 0 saturated carbocycles. The highest BCUT2D eigenvalue weighted by Gasteiger charge is 2.38. The van der Waals surface area contributed by atoms with Gasteiger partial charge in [0.05, 0.1) is 19.8 Å². The Balaban J connectivity index is 1.50. The lowest BCUT2D eigenvalue weighted by molar-refractivity contribution is 0.0731. The lowest BCUT2D eigenvalue weighted by Crippen LogP contribution is -2.34. The van der Waals surface area contributed by atoms with Crippen LogP contribution in [0.4, 0.5) is 4.39 Å². The molecule has 40 heavy (non-hydrogen) atoms. The van der Waals surface area contributed by atoms with Gasteiger partial charge in [-0.3, -0.25) is 0 Å². The summed E-state index contributed by atoms with van der Waals surface area (Å²) < 4.78 is 37.8. The van der Waals surface area contributed by atoms with E-state index in [1.54, 1.807) is 26.4 Å². The van der Waals surface area contributed by atoms with Crippen molar-refractivity contribution in [3.05, 3.63) is 137 Å². The quantitative estimate of drug-likeness (QED) is 0.167. The van der Waals surface area contributed by atoms with Gasteiger partial charge in [-0.15, -0.1) is 0 Å². The molecule has 5 aromatic carbocycles. The van der Waals surface area contributed by atoms with Crippen LogP contribution in [0.2, 0.25) is 0 Å². The first-order valence-electron chi connectivity index (χ1n) is 12.7. The first kappa shape index (κ1) is 25.2. The van der Waals surface area contributed by atoms with Gasteiger partial charge in [-0.1, -0.05) is 60.7 Å². The lowest BCUT2D eigenvalue weighted by atomic mass is 9.83. The molecule has 5 aromatic rings. The lowest BCUT2D eigenvalue weighted by Gasteiger charge is -2.36. The summed E-state index contributed by atoms with van der Waals surface area (Å²) in [6, 6.07) is 30.4. The molecule has 6 heteroatoms. The normalized spacial score (nSPS) is 13.3. The minimum Gasteiger partial charge on any atom is -0.497 e. The predicted octanol–water partition coefficient (Wildman–Crippen LogP) is 7.56. The van der Waals surface area contributed by atoms with E-state index in [9.17, 15) is 9.18 Å². The SMILES string of the molecule is COc1ccc(C2(c3ccc(OC)cc3)C=Cc3c(cc(OC(=O)c4ccccc4F)c4ccccc34)O2)cc1. The first-order chi connectivity index (χ1) is 19.5. The zero-order valence-corrected chi connectivity index (χ0v) is 21.9. The number of benzene rings is 5. The van der Waals surface area contributed by atoms with E-state index in [0.29, 0.717) is 11.1 Å². The highest BCUT2D eigenvalue weighted by molar-refractivity contribution is 6.00. The number of ether oxygens (including phenoxy) is 4. The van der Waals surface area contributed by atoms with Gasteiger partial charge in [-0.05, 0) is 53.9 Å². The first-order valence-corrected chi connectivity index (χ1v) is 12.7. The largest absolute Gasteiger partial charge is 0.497 e. The standard InChI is InChI=1S/C34H25FO5/c1-37-24-15-11-22(12-16-24)34(23-13-17-25(38-2)18-14-23)20-19-28-26-7-3-4-8-27(26)31(21-32(28)40-34)39-33(36)29-9-5-6-10-30(29)35/h3-21H,1-2H3. The zero-order chi connectivity index (χ0) is 27.7. The van der Waals surface area contributed by atoms with Crippen molar-refractivity contribution in [2.75, 3.05) is 14.2 Å². The summed E-state index contributed by atoms with van der Waals surface area (Å²) in [4.78, 5) is 13.0. The second kappa shape index (κ2) is 10.2. The van der Waals surface area contributed by atoms with E-state index in [0.717, 1.165) is 33.6 Å². The van der Waals surface area contributed by atoms with Crippen LogP contribution in [-0.2, 0) is 5.60 Å². The van der Waals surface area contributed by atoms with Crippen LogP contribution in [0.5, 0.6) is 23.0 Å². The highest BCUT2D eigenvalue weighted by atomic mass is 19.1. The summed E-state index contributed by atoms with van der Waals surface area (Å²) in [6.45, 7) is 0. The molecule has 0 atom stereocenters. The molecule has 0 bridgehead atoms. The van der Waals surface area contributed by atoms with Crippen LogP contribution < -0.4 is 18.9 Å². The van der Waals surface area contributed by atoms with Gasteiger partial charge in [0.2, 0.25) is 0 Å². The fraction of sp³-hybridized carbons (Fsp3) is 0.0882. The van der Waals surface area contributed by atoms with E-state index in [4.69, 9.17) is 18.9 Å². The van der Waals surface area contributed by atoms with Crippen molar-refractivity contribution in [1.29, 1.82) is 0 Å². The Hall–Kier alpha value is -5.10. The Morgan fingerprint density at radius 2 is 1.32 bits per heavy atom. The van der Waals surface area contributed by atoms with Gasteiger partial charge in [-0.2, -0.15) is 0 Å². The molecular weight excluding hydrogens is 507 g/mol. The third-order valence-corrected chi connectivity index (χ3v) is 7.10. The van der Waals surface area contributed by atoms with Crippen molar-refractivity contribution in [1.82, 2.24) is 0 Å². The van der Waals surface area contributed by atoms with Crippen LogP contribution in [0.15, 0.2) is 109 Å². The Kier molecular flexibility index (Phi) is 6.44. The summed E-state index contributed by atoms with van der Waals surface area (Å²) in [6.07, 6.45) is 4.05. The number of hydrogen-bond acceptors (Lipinski definition) is 5. The van der Waals surface area contributed by atoms with Crippen LogP contribution in [0.1, 0.15) is 27.0 Å². The molecule has 0 aromatic heterocycles. The van der Waals surface area contributed by atoms with Gasteiger partial charge >= 0.3 is 5.97 Å². The topological polar surface area (TPSA) is 54.0 Å². The molecule has 0 unspecified atom stereocenters. The van der Waals surface area contributed by atoms with E-state index in [1.807, 2.05) is 84.9 Å². The predicted molar refractivity (Wildman–Crippen MR) is 152 cm³/mol. The van der Waals surface area contributed by atoms with Crippen LogP contribution in [0.3, 0.4) is 0 Å². The summed E-state index contributed by atoms with van der Waals surface area (Å²) in [7, 11) is 3.24. The van der Waals surface area contributed by atoms with Crippen molar-refractivity contribution >= 4 is 22.8 Å². The van der Waals surface area contributed by atoms with Crippen LogP contribution in [0.25, 0.3) is 16.8 Å². The second-order valence-electron chi connectivity index (χ2n) is 9.33. The molecule has 0 fully saturated rings. The molecule has 198 valence electrons. The molecule has 0 saturated heterocycles. The molecule has 6 rings (SSSR count). The van der Waals surface area contributed by atoms with Crippen molar-refractivity contribution in [3.63, 3.8) is 0 Å². The molecule has 1 aliphatic heterocycles. The Morgan fingerprint density at radius 3 is 1.93 bits per heavy atom. The van der Waals surface area contributed by atoms with Crippen molar-refractivity contribution in [2.45, 2.75) is 5.60 Å². The molecule has 5 nitrogen and oxygen atoms in total. The van der Waals surface area contributed by atoms with Crippen LogP contribution in [0, 0.1) is 5.82 Å². The molecule has 0 aliphatic carbocycles. The number of fused-ring (bicyclic) bond motifs is 3. The molecule has 0 spiro atoms. The number of rotatable bonds is 6. The molecule has 1 heterocycles. The minimum atomic E-state index is -0.999. The number of methoxy groups -OCH3 is 2. The number of hydrogen-bond donors (Lipinski definition) is 0. The van der Waals surface area contributed by atoms with Crippen molar-refractivity contribution in [2.24, 2.45) is 0 Å². The van der Waals surface area contributed by atoms with E-state index < -0.39 is 17.4 Å². The third kappa shape index (κ3) is 4.33. The van der Waals surface area contributed by atoms with E-state index >= 15 is 0 Å². The zero-order valence-electron chi connectivity index (χ0n) is 21.9. The average Bonchev–Trinajstić information content (AvgIpc) is 3.01. The minimum absolute atomic E-state index is 0.143. The van der Waals surface area contributed by atoms with Gasteiger partial charge in [0.15, 0.2) is 5.60 Å². The van der Waals surface area contributed by atoms with Gasteiger partial charge in [0.1, 0.15) is 28.8 Å². The molecule has 0 amide bonds. The monoisotopic (exact) mass is 532 g/mol. The molecular formula is C34H25FO5. The summed E-state index contributed by atoms with van der Waals surface area (Å²) >= 11 is 0. The number of esters is 1. The Morgan fingerprint density at radius 1 is 0.750 bits per heavy atom. The van der Waals surface area contributed by atoms with E-state index in [2.05, 4.69) is 0 Å². The van der Waals surface area contributed by atoms with Crippen molar-refractivity contribution < 1.29 is 28.1 Å². The molecule has 1 aliphatic rings. The molecule has 0 radical (unpaired) electrons. The summed E-state index contributed by atoms with van der Waals surface area (Å²) in [5, 5.41) is 1.55. The van der Waals surface area contributed by atoms with Crippen LogP contribution in [-0.4, -0.2) is 20.2 Å². The average molecular weight is 533 g/mol. The molecule has 0 N–H and O–H groups in total. The van der Waals surface area contributed by atoms with Crippen LogP contribution >= 0.6 is 0 Å². The Labute approximate surface area is 231 Å².